The molecule has 0 aliphatic carbocycles. The molecule has 0 unspecified atom stereocenters. The zero-order valence-electron chi connectivity index (χ0n) is 9.38. The highest BCUT2D eigenvalue weighted by Crippen LogP contribution is 2.23. The van der Waals surface area contributed by atoms with Crippen molar-refractivity contribution in [1.29, 1.82) is 0 Å². The van der Waals surface area contributed by atoms with Crippen LogP contribution in [0.4, 0.5) is 13.2 Å². The van der Waals surface area contributed by atoms with E-state index >= 15 is 0 Å². The normalized spacial score (nSPS) is 11.3. The minimum absolute atomic E-state index is 0.0112. The van der Waals surface area contributed by atoms with Gasteiger partial charge < -0.3 is 4.74 Å². The first-order chi connectivity index (χ1) is 7.92. The van der Waals surface area contributed by atoms with Gasteiger partial charge in [0.15, 0.2) is 0 Å². The van der Waals surface area contributed by atoms with Gasteiger partial charge in [-0.05, 0) is 25.0 Å². The molecule has 0 saturated carbocycles. The van der Waals surface area contributed by atoms with Gasteiger partial charge in [-0.25, -0.2) is 0 Å². The van der Waals surface area contributed by atoms with Crippen LogP contribution >= 0.6 is 0 Å². The monoisotopic (exact) mass is 246 g/mol. The van der Waals surface area contributed by atoms with Crippen molar-refractivity contribution in [3.8, 4) is 5.75 Å². The van der Waals surface area contributed by atoms with Crippen LogP contribution in [0.25, 0.3) is 0 Å². The second-order valence-electron chi connectivity index (χ2n) is 3.71. The first kappa shape index (κ1) is 13.5. The molecule has 0 heterocycles. The second kappa shape index (κ2) is 5.70. The molecule has 0 fully saturated rings. The Bertz CT molecular complexity index is 386. The fourth-order valence-corrected chi connectivity index (χ4v) is 1.30. The van der Waals surface area contributed by atoms with E-state index < -0.39 is 12.6 Å². The highest BCUT2D eigenvalue weighted by Gasteiger charge is 2.26. The van der Waals surface area contributed by atoms with Crippen LogP contribution in [0, 0.1) is 6.92 Å². The lowest BCUT2D eigenvalue weighted by molar-refractivity contribution is -0.136. The quantitative estimate of drug-likeness (QED) is 0.586. The first-order valence-corrected chi connectivity index (χ1v) is 5.18. The topological polar surface area (TPSA) is 26.3 Å². The number of alkyl halides is 3. The number of aryl methyl sites for hydroxylation is 1. The molecular weight excluding hydrogens is 233 g/mol. The molecule has 0 bridgehead atoms. The summed E-state index contributed by atoms with van der Waals surface area (Å²) in [6.45, 7) is 1.76. The maximum Gasteiger partial charge on any atom is 0.389 e. The summed E-state index contributed by atoms with van der Waals surface area (Å²) >= 11 is 0. The predicted octanol–water partition coefficient (Wildman–Crippen LogP) is 3.53. The van der Waals surface area contributed by atoms with Crippen LogP contribution in [0.3, 0.4) is 0 Å². The van der Waals surface area contributed by atoms with Crippen LogP contribution in [0.5, 0.6) is 5.75 Å². The Balaban J connectivity index is 2.48. The maximum atomic E-state index is 11.9. The largest absolute Gasteiger partial charge is 0.493 e. The smallest absolute Gasteiger partial charge is 0.389 e. The van der Waals surface area contributed by atoms with Gasteiger partial charge in [0.05, 0.1) is 6.61 Å². The van der Waals surface area contributed by atoms with Crippen molar-refractivity contribution in [1.82, 2.24) is 0 Å². The summed E-state index contributed by atoms with van der Waals surface area (Å²) in [5, 5.41) is 0. The third-order valence-corrected chi connectivity index (χ3v) is 2.21. The van der Waals surface area contributed by atoms with Gasteiger partial charge in [0.2, 0.25) is 0 Å². The van der Waals surface area contributed by atoms with E-state index in [9.17, 15) is 18.0 Å². The van der Waals surface area contributed by atoms with Crippen molar-refractivity contribution < 1.29 is 22.7 Å². The molecule has 1 rings (SSSR count). The van der Waals surface area contributed by atoms with E-state index in [4.69, 9.17) is 4.74 Å². The first-order valence-electron chi connectivity index (χ1n) is 5.18. The number of aldehydes is 1. The number of carbonyl (C=O) groups is 1. The summed E-state index contributed by atoms with van der Waals surface area (Å²) in [7, 11) is 0. The Morgan fingerprint density at radius 2 is 2.06 bits per heavy atom. The molecule has 17 heavy (non-hydrogen) atoms. The fourth-order valence-electron chi connectivity index (χ4n) is 1.30. The maximum absolute atomic E-state index is 11.9. The summed E-state index contributed by atoms with van der Waals surface area (Å²) in [5.74, 6) is 0.455. The minimum Gasteiger partial charge on any atom is -0.493 e. The van der Waals surface area contributed by atoms with Crippen molar-refractivity contribution in [2.24, 2.45) is 0 Å². The molecule has 94 valence electrons. The number of carbonyl (C=O) groups excluding carboxylic acids is 1. The van der Waals surface area contributed by atoms with Crippen LogP contribution in [-0.2, 0) is 0 Å². The highest BCUT2D eigenvalue weighted by molar-refractivity contribution is 5.75. The summed E-state index contributed by atoms with van der Waals surface area (Å²) in [4.78, 5) is 10.5. The van der Waals surface area contributed by atoms with E-state index in [1.807, 2.05) is 0 Å². The summed E-state index contributed by atoms with van der Waals surface area (Å²) < 4.78 is 40.8. The molecule has 0 radical (unpaired) electrons. The Morgan fingerprint density at radius 1 is 1.35 bits per heavy atom. The van der Waals surface area contributed by atoms with Crippen molar-refractivity contribution in [2.45, 2.75) is 25.9 Å². The van der Waals surface area contributed by atoms with Crippen LogP contribution in [0.1, 0.15) is 28.8 Å². The van der Waals surface area contributed by atoms with Crippen molar-refractivity contribution >= 4 is 6.29 Å². The van der Waals surface area contributed by atoms with Crippen LogP contribution < -0.4 is 4.74 Å². The third kappa shape index (κ3) is 4.89. The van der Waals surface area contributed by atoms with Gasteiger partial charge in [-0.15, -0.1) is 0 Å². The zero-order chi connectivity index (χ0) is 12.9. The van der Waals surface area contributed by atoms with Crippen molar-refractivity contribution in [3.63, 3.8) is 0 Å². The molecule has 0 amide bonds. The third-order valence-electron chi connectivity index (χ3n) is 2.21. The lowest BCUT2D eigenvalue weighted by Gasteiger charge is -2.10. The average molecular weight is 246 g/mol. The Labute approximate surface area is 97.4 Å². The number of ether oxygens (including phenoxy) is 1. The van der Waals surface area contributed by atoms with E-state index in [0.29, 0.717) is 17.6 Å². The van der Waals surface area contributed by atoms with E-state index in [0.717, 1.165) is 5.56 Å². The molecule has 1 aromatic rings. The van der Waals surface area contributed by atoms with Crippen LogP contribution in [-0.4, -0.2) is 19.1 Å². The summed E-state index contributed by atoms with van der Waals surface area (Å²) in [5.41, 5.74) is 1.24. The lowest BCUT2D eigenvalue weighted by Crippen LogP contribution is -2.10. The lowest BCUT2D eigenvalue weighted by atomic mass is 10.1. The molecular formula is C12H13F3O2. The number of hydrogen-bond acceptors (Lipinski definition) is 2. The van der Waals surface area contributed by atoms with Gasteiger partial charge in [0.1, 0.15) is 12.0 Å². The molecule has 5 heteroatoms. The summed E-state index contributed by atoms with van der Waals surface area (Å²) in [6, 6.07) is 4.85. The van der Waals surface area contributed by atoms with Gasteiger partial charge >= 0.3 is 6.18 Å². The molecule has 2 nitrogen and oxygen atoms in total. The average Bonchev–Trinajstić information content (AvgIpc) is 2.25. The molecule has 0 aromatic heterocycles. The molecule has 0 saturated heterocycles. The van der Waals surface area contributed by atoms with Gasteiger partial charge in [0, 0.05) is 12.0 Å². The SMILES string of the molecule is Cc1ccc(C=O)cc1OCCCC(F)(F)F. The Kier molecular flexibility index (Phi) is 4.54. The molecule has 0 aliphatic rings. The Hall–Kier alpha value is -1.52. The molecule has 1 aromatic carbocycles. The standard InChI is InChI=1S/C12H13F3O2/c1-9-3-4-10(8-16)7-11(9)17-6-2-5-12(13,14)15/h3-4,7-8H,2,5-6H2,1H3. The molecule has 0 aliphatic heterocycles. The molecule has 0 N–H and O–H groups in total. The zero-order valence-corrected chi connectivity index (χ0v) is 9.38. The van der Waals surface area contributed by atoms with E-state index in [-0.39, 0.29) is 13.0 Å². The van der Waals surface area contributed by atoms with Crippen LogP contribution in [0.15, 0.2) is 18.2 Å². The summed E-state index contributed by atoms with van der Waals surface area (Å²) in [6.07, 6.45) is -4.43. The molecule has 0 spiro atoms. The second-order valence-corrected chi connectivity index (χ2v) is 3.71. The van der Waals surface area contributed by atoms with Crippen LogP contribution in [0.2, 0.25) is 0 Å². The highest BCUT2D eigenvalue weighted by atomic mass is 19.4. The van der Waals surface area contributed by atoms with Crippen molar-refractivity contribution in [2.75, 3.05) is 6.61 Å². The molecule has 0 atom stereocenters. The minimum atomic E-state index is -4.15. The number of rotatable bonds is 5. The van der Waals surface area contributed by atoms with E-state index in [1.165, 1.54) is 6.07 Å². The van der Waals surface area contributed by atoms with E-state index in [1.54, 1.807) is 19.1 Å². The van der Waals surface area contributed by atoms with Gasteiger partial charge in [0.25, 0.3) is 0 Å². The van der Waals surface area contributed by atoms with Gasteiger partial charge in [-0.2, -0.15) is 13.2 Å². The fraction of sp³-hybridized carbons (Fsp3) is 0.417. The number of halogens is 3. The predicted molar refractivity (Wildman–Crippen MR) is 57.4 cm³/mol. The van der Waals surface area contributed by atoms with Gasteiger partial charge in [-0.3, -0.25) is 4.79 Å². The Morgan fingerprint density at radius 3 is 2.65 bits per heavy atom. The van der Waals surface area contributed by atoms with Gasteiger partial charge in [-0.1, -0.05) is 12.1 Å². The van der Waals surface area contributed by atoms with Crippen molar-refractivity contribution in [3.05, 3.63) is 29.3 Å². The number of benzene rings is 1. The van der Waals surface area contributed by atoms with E-state index in [2.05, 4.69) is 0 Å². The number of hydrogen-bond donors (Lipinski definition) is 0.